The molecule has 88 valence electrons. The summed E-state index contributed by atoms with van der Waals surface area (Å²) in [6, 6.07) is 6.50. The molecule has 4 heteroatoms. The van der Waals surface area contributed by atoms with Crippen molar-refractivity contribution in [3.05, 3.63) is 46.1 Å². The van der Waals surface area contributed by atoms with Crippen LogP contribution in [0.25, 0.3) is 10.4 Å². The lowest BCUT2D eigenvalue weighted by Gasteiger charge is -2.06. The second-order valence-electron chi connectivity index (χ2n) is 3.91. The number of hydrogen-bond donors (Lipinski definition) is 1. The lowest BCUT2D eigenvalue weighted by atomic mass is 10.0. The van der Waals surface area contributed by atoms with Crippen LogP contribution in [-0.4, -0.2) is 11.1 Å². The summed E-state index contributed by atoms with van der Waals surface area (Å²) in [6.07, 6.45) is 0. The molecule has 17 heavy (non-hydrogen) atoms. The number of carbonyl (C=O) groups is 1. The van der Waals surface area contributed by atoms with Gasteiger partial charge in [-0.25, -0.2) is 9.18 Å². The van der Waals surface area contributed by atoms with Gasteiger partial charge in [0.2, 0.25) is 0 Å². The first kappa shape index (κ1) is 11.8. The Morgan fingerprint density at radius 1 is 1.29 bits per heavy atom. The third kappa shape index (κ3) is 2.22. The summed E-state index contributed by atoms with van der Waals surface area (Å²) < 4.78 is 13.9. The number of carboxylic acid groups (broad SMARTS) is 1. The predicted molar refractivity (Wildman–Crippen MR) is 66.1 cm³/mol. The highest BCUT2D eigenvalue weighted by atomic mass is 32.1. The van der Waals surface area contributed by atoms with Crippen molar-refractivity contribution >= 4 is 17.3 Å². The predicted octanol–water partition coefficient (Wildman–Crippen LogP) is 3.87. The molecular formula is C13H11FO2S. The van der Waals surface area contributed by atoms with Crippen molar-refractivity contribution in [1.29, 1.82) is 0 Å². The molecule has 2 aromatic rings. The molecule has 0 radical (unpaired) electrons. The molecule has 0 spiro atoms. The molecule has 1 aromatic carbocycles. The molecule has 0 saturated carbocycles. The monoisotopic (exact) mass is 250 g/mol. The van der Waals surface area contributed by atoms with Gasteiger partial charge in [-0.15, -0.1) is 11.3 Å². The van der Waals surface area contributed by atoms with E-state index in [1.54, 1.807) is 6.07 Å². The van der Waals surface area contributed by atoms with Crippen LogP contribution < -0.4 is 0 Å². The molecule has 1 aromatic heterocycles. The van der Waals surface area contributed by atoms with Crippen LogP contribution in [0.2, 0.25) is 0 Å². The first-order valence-corrected chi connectivity index (χ1v) is 5.91. The highest BCUT2D eigenvalue weighted by Gasteiger charge is 2.14. The Labute approximate surface area is 102 Å². The van der Waals surface area contributed by atoms with Crippen molar-refractivity contribution < 1.29 is 14.3 Å². The van der Waals surface area contributed by atoms with Crippen molar-refractivity contribution in [1.82, 2.24) is 0 Å². The van der Waals surface area contributed by atoms with E-state index >= 15 is 0 Å². The van der Waals surface area contributed by atoms with Gasteiger partial charge in [-0.1, -0.05) is 6.07 Å². The average Bonchev–Trinajstić information content (AvgIpc) is 2.65. The normalized spacial score (nSPS) is 10.5. The van der Waals surface area contributed by atoms with Gasteiger partial charge in [0.15, 0.2) is 0 Å². The van der Waals surface area contributed by atoms with Gasteiger partial charge in [0.25, 0.3) is 0 Å². The van der Waals surface area contributed by atoms with Gasteiger partial charge in [0.05, 0.1) is 0 Å². The zero-order valence-corrected chi connectivity index (χ0v) is 10.3. The highest BCUT2D eigenvalue weighted by Crippen LogP contribution is 2.33. The smallest absolute Gasteiger partial charge is 0.345 e. The van der Waals surface area contributed by atoms with Crippen molar-refractivity contribution in [3.8, 4) is 10.4 Å². The summed E-state index contributed by atoms with van der Waals surface area (Å²) in [5.41, 5.74) is 2.17. The maximum Gasteiger partial charge on any atom is 0.345 e. The van der Waals surface area contributed by atoms with E-state index in [2.05, 4.69) is 0 Å². The molecule has 0 amide bonds. The summed E-state index contributed by atoms with van der Waals surface area (Å²) in [5, 5.41) is 8.84. The van der Waals surface area contributed by atoms with E-state index in [0.717, 1.165) is 22.5 Å². The highest BCUT2D eigenvalue weighted by molar-refractivity contribution is 7.17. The standard InChI is InChI=1S/C13H11FO2S/c1-7-5-8(2)12(9(14)6-7)10-3-4-11(17-10)13(15)16/h3-6H,1-2H3,(H,15,16). The van der Waals surface area contributed by atoms with Gasteiger partial charge in [0, 0.05) is 10.4 Å². The van der Waals surface area contributed by atoms with E-state index in [0.29, 0.717) is 10.4 Å². The van der Waals surface area contributed by atoms with Crippen molar-refractivity contribution in [3.63, 3.8) is 0 Å². The molecule has 1 N–H and O–H groups in total. The molecule has 0 aliphatic rings. The fraction of sp³-hybridized carbons (Fsp3) is 0.154. The summed E-state index contributed by atoms with van der Waals surface area (Å²) >= 11 is 1.09. The molecular weight excluding hydrogens is 239 g/mol. The Hall–Kier alpha value is -1.68. The molecule has 2 rings (SSSR count). The molecule has 0 fully saturated rings. The van der Waals surface area contributed by atoms with Crippen LogP contribution >= 0.6 is 11.3 Å². The number of hydrogen-bond acceptors (Lipinski definition) is 2. The molecule has 0 saturated heterocycles. The van der Waals surface area contributed by atoms with Crippen molar-refractivity contribution in [2.75, 3.05) is 0 Å². The van der Waals surface area contributed by atoms with Gasteiger partial charge in [-0.2, -0.15) is 0 Å². The Morgan fingerprint density at radius 3 is 2.53 bits per heavy atom. The van der Waals surface area contributed by atoms with Gasteiger partial charge < -0.3 is 5.11 Å². The van der Waals surface area contributed by atoms with Crippen molar-refractivity contribution in [2.45, 2.75) is 13.8 Å². The number of carboxylic acids is 1. The third-order valence-corrected chi connectivity index (χ3v) is 3.59. The maximum atomic E-state index is 13.9. The van der Waals surface area contributed by atoms with Crippen LogP contribution in [0.3, 0.4) is 0 Å². The van der Waals surface area contributed by atoms with E-state index in [-0.39, 0.29) is 10.7 Å². The lowest BCUT2D eigenvalue weighted by Crippen LogP contribution is -1.90. The molecule has 0 bridgehead atoms. The summed E-state index contributed by atoms with van der Waals surface area (Å²) in [5.74, 6) is -1.28. The van der Waals surface area contributed by atoms with Gasteiger partial charge in [0.1, 0.15) is 10.7 Å². The molecule has 0 unspecified atom stereocenters. The minimum absolute atomic E-state index is 0.222. The van der Waals surface area contributed by atoms with E-state index < -0.39 is 5.97 Å². The average molecular weight is 250 g/mol. The Kier molecular flexibility index (Phi) is 2.98. The van der Waals surface area contributed by atoms with Gasteiger partial charge in [-0.05, 0) is 43.2 Å². The molecule has 0 aliphatic heterocycles. The number of benzene rings is 1. The fourth-order valence-electron chi connectivity index (χ4n) is 1.81. The molecule has 1 heterocycles. The van der Waals surface area contributed by atoms with E-state index in [4.69, 9.17) is 5.11 Å². The Bertz CT molecular complexity index is 564. The summed E-state index contributed by atoms with van der Waals surface area (Å²) in [6.45, 7) is 3.66. The SMILES string of the molecule is Cc1cc(C)c(-c2ccc(C(=O)O)s2)c(F)c1. The molecule has 0 aliphatic carbocycles. The first-order chi connectivity index (χ1) is 7.99. The zero-order valence-electron chi connectivity index (χ0n) is 9.45. The second-order valence-corrected chi connectivity index (χ2v) is 4.99. The van der Waals surface area contributed by atoms with Gasteiger partial charge >= 0.3 is 5.97 Å². The van der Waals surface area contributed by atoms with Crippen LogP contribution in [0.4, 0.5) is 4.39 Å². The number of aromatic carboxylic acids is 1. The van der Waals surface area contributed by atoms with E-state index in [1.165, 1.54) is 12.1 Å². The van der Waals surface area contributed by atoms with Gasteiger partial charge in [-0.3, -0.25) is 0 Å². The van der Waals surface area contributed by atoms with Crippen molar-refractivity contribution in [2.24, 2.45) is 0 Å². The van der Waals surface area contributed by atoms with Crippen LogP contribution in [0.1, 0.15) is 20.8 Å². The molecule has 0 atom stereocenters. The largest absolute Gasteiger partial charge is 0.477 e. The number of rotatable bonds is 2. The van der Waals surface area contributed by atoms with E-state index in [9.17, 15) is 9.18 Å². The fourth-order valence-corrected chi connectivity index (χ4v) is 2.77. The minimum Gasteiger partial charge on any atom is -0.477 e. The topological polar surface area (TPSA) is 37.3 Å². The molecule has 2 nitrogen and oxygen atoms in total. The van der Waals surface area contributed by atoms with E-state index in [1.807, 2.05) is 19.9 Å². The number of halogens is 1. The maximum absolute atomic E-state index is 13.9. The second kappa shape index (κ2) is 4.30. The zero-order chi connectivity index (χ0) is 12.6. The quantitative estimate of drug-likeness (QED) is 0.878. The van der Waals surface area contributed by atoms with Crippen LogP contribution in [0, 0.1) is 19.7 Å². The third-order valence-electron chi connectivity index (χ3n) is 2.49. The van der Waals surface area contributed by atoms with Crippen LogP contribution in [0.15, 0.2) is 24.3 Å². The van der Waals surface area contributed by atoms with Crippen LogP contribution in [-0.2, 0) is 0 Å². The number of aryl methyl sites for hydroxylation is 2. The summed E-state index contributed by atoms with van der Waals surface area (Å²) in [4.78, 5) is 11.7. The summed E-state index contributed by atoms with van der Waals surface area (Å²) in [7, 11) is 0. The Morgan fingerprint density at radius 2 is 2.00 bits per heavy atom. The van der Waals surface area contributed by atoms with Crippen LogP contribution in [0.5, 0.6) is 0 Å². The minimum atomic E-state index is -0.980. The Balaban J connectivity index is 2.56. The first-order valence-electron chi connectivity index (χ1n) is 5.09. The lowest BCUT2D eigenvalue weighted by molar-refractivity contribution is 0.0702. The number of thiophene rings is 1.